The Kier molecular flexibility index (Phi) is 2.47. The molecule has 0 amide bonds. The number of aliphatic carboxylic acids is 1. The lowest BCUT2D eigenvalue weighted by molar-refractivity contribution is -0.137. The number of allylic oxidation sites excluding steroid dienone is 4. The second kappa shape index (κ2) is 3.37. The lowest BCUT2D eigenvalue weighted by Gasteiger charge is -2.11. The van der Waals surface area contributed by atoms with Crippen LogP contribution in [0.25, 0.3) is 0 Å². The molecule has 1 atom stereocenters. The topological polar surface area (TPSA) is 37.3 Å². The van der Waals surface area contributed by atoms with Crippen molar-refractivity contribution in [2.24, 2.45) is 5.92 Å². The molecular formula is C9H12O2. The van der Waals surface area contributed by atoms with Crippen LogP contribution in [-0.2, 0) is 4.79 Å². The first-order chi connectivity index (χ1) is 5.18. The van der Waals surface area contributed by atoms with Gasteiger partial charge in [0.15, 0.2) is 0 Å². The summed E-state index contributed by atoms with van der Waals surface area (Å²) in [7, 11) is 0. The van der Waals surface area contributed by atoms with E-state index in [0.717, 1.165) is 6.42 Å². The number of carboxylic acid groups (broad SMARTS) is 1. The Labute approximate surface area is 66.2 Å². The molecule has 0 bridgehead atoms. The summed E-state index contributed by atoms with van der Waals surface area (Å²) in [4.78, 5) is 10.3. The highest BCUT2D eigenvalue weighted by Gasteiger charge is 2.10. The monoisotopic (exact) mass is 152 g/mol. The van der Waals surface area contributed by atoms with E-state index in [4.69, 9.17) is 5.11 Å². The molecule has 0 aromatic carbocycles. The molecule has 11 heavy (non-hydrogen) atoms. The van der Waals surface area contributed by atoms with Gasteiger partial charge in [-0.3, -0.25) is 4.79 Å². The second-order valence-electron chi connectivity index (χ2n) is 2.90. The van der Waals surface area contributed by atoms with Gasteiger partial charge in [-0.15, -0.1) is 0 Å². The second-order valence-corrected chi connectivity index (χ2v) is 2.90. The van der Waals surface area contributed by atoms with Crippen LogP contribution in [0.15, 0.2) is 23.8 Å². The lowest BCUT2D eigenvalue weighted by atomic mass is 9.95. The zero-order valence-corrected chi connectivity index (χ0v) is 6.58. The molecule has 0 saturated carbocycles. The quantitative estimate of drug-likeness (QED) is 0.657. The maximum Gasteiger partial charge on any atom is 0.303 e. The number of hydrogen-bond donors (Lipinski definition) is 1. The highest BCUT2D eigenvalue weighted by Crippen LogP contribution is 2.18. The molecule has 1 rings (SSSR count). The van der Waals surface area contributed by atoms with Crippen LogP contribution in [-0.4, -0.2) is 11.1 Å². The van der Waals surface area contributed by atoms with E-state index in [9.17, 15) is 4.79 Å². The summed E-state index contributed by atoms with van der Waals surface area (Å²) in [6.07, 6.45) is 7.16. The van der Waals surface area contributed by atoms with Crippen molar-refractivity contribution in [2.75, 3.05) is 0 Å². The zero-order chi connectivity index (χ0) is 8.27. The fourth-order valence-electron chi connectivity index (χ4n) is 1.15. The molecular weight excluding hydrogens is 140 g/mol. The molecule has 0 aromatic heterocycles. The molecule has 0 radical (unpaired) electrons. The van der Waals surface area contributed by atoms with Crippen molar-refractivity contribution in [2.45, 2.75) is 19.8 Å². The Hall–Kier alpha value is -1.05. The van der Waals surface area contributed by atoms with Gasteiger partial charge in [-0.1, -0.05) is 23.8 Å². The normalized spacial score (nSPS) is 23.0. The Bertz CT molecular complexity index is 214. The van der Waals surface area contributed by atoms with E-state index in [1.54, 1.807) is 0 Å². The first-order valence-corrected chi connectivity index (χ1v) is 3.75. The average Bonchev–Trinajstić information content (AvgIpc) is 1.93. The first kappa shape index (κ1) is 8.05. The molecule has 60 valence electrons. The van der Waals surface area contributed by atoms with Gasteiger partial charge in [0.05, 0.1) is 6.42 Å². The van der Waals surface area contributed by atoms with Gasteiger partial charge in [0.1, 0.15) is 0 Å². The van der Waals surface area contributed by atoms with Gasteiger partial charge in [-0.25, -0.2) is 0 Å². The van der Waals surface area contributed by atoms with Crippen molar-refractivity contribution in [3.05, 3.63) is 23.8 Å². The molecule has 0 saturated heterocycles. The van der Waals surface area contributed by atoms with E-state index in [-0.39, 0.29) is 12.3 Å². The fraction of sp³-hybridized carbons (Fsp3) is 0.444. The van der Waals surface area contributed by atoms with Crippen LogP contribution in [0.1, 0.15) is 19.8 Å². The molecule has 1 aliphatic rings. The first-order valence-electron chi connectivity index (χ1n) is 3.75. The van der Waals surface area contributed by atoms with Crippen LogP contribution < -0.4 is 0 Å². The van der Waals surface area contributed by atoms with Crippen LogP contribution in [0.2, 0.25) is 0 Å². The van der Waals surface area contributed by atoms with Crippen LogP contribution >= 0.6 is 0 Å². The predicted octanol–water partition coefficient (Wildman–Crippen LogP) is 1.98. The minimum atomic E-state index is -0.715. The minimum Gasteiger partial charge on any atom is -0.481 e. The minimum absolute atomic E-state index is 0.205. The summed E-state index contributed by atoms with van der Waals surface area (Å²) in [5.74, 6) is -0.510. The highest BCUT2D eigenvalue weighted by atomic mass is 16.4. The number of rotatable bonds is 2. The Balaban J connectivity index is 2.43. The third kappa shape index (κ3) is 2.58. The maximum absolute atomic E-state index is 10.3. The summed E-state index contributed by atoms with van der Waals surface area (Å²) in [5.41, 5.74) is 1.23. The Morgan fingerprint density at radius 1 is 1.82 bits per heavy atom. The summed E-state index contributed by atoms with van der Waals surface area (Å²) in [5, 5.41) is 8.48. The van der Waals surface area contributed by atoms with E-state index in [0.29, 0.717) is 0 Å². The van der Waals surface area contributed by atoms with Crippen molar-refractivity contribution in [1.29, 1.82) is 0 Å². The summed E-state index contributed by atoms with van der Waals surface area (Å²) in [6, 6.07) is 0. The Morgan fingerprint density at radius 2 is 2.55 bits per heavy atom. The average molecular weight is 152 g/mol. The van der Waals surface area contributed by atoms with Gasteiger partial charge in [0, 0.05) is 0 Å². The van der Waals surface area contributed by atoms with Crippen molar-refractivity contribution < 1.29 is 9.90 Å². The van der Waals surface area contributed by atoms with Gasteiger partial charge in [-0.05, 0) is 19.3 Å². The molecule has 0 aromatic rings. The van der Waals surface area contributed by atoms with Crippen molar-refractivity contribution in [1.82, 2.24) is 0 Å². The molecule has 0 fully saturated rings. The van der Waals surface area contributed by atoms with Crippen LogP contribution in [0.5, 0.6) is 0 Å². The molecule has 1 aliphatic carbocycles. The van der Waals surface area contributed by atoms with Crippen molar-refractivity contribution in [3.63, 3.8) is 0 Å². The highest BCUT2D eigenvalue weighted by molar-refractivity contribution is 5.67. The molecule has 2 nitrogen and oxygen atoms in total. The van der Waals surface area contributed by atoms with E-state index in [2.05, 4.69) is 6.08 Å². The van der Waals surface area contributed by atoms with Gasteiger partial charge in [-0.2, -0.15) is 0 Å². The molecule has 0 heterocycles. The van der Waals surface area contributed by atoms with E-state index in [1.807, 2.05) is 19.1 Å². The van der Waals surface area contributed by atoms with Crippen LogP contribution in [0.4, 0.5) is 0 Å². The maximum atomic E-state index is 10.3. The standard InChI is InChI=1S/C9H12O2/c1-7-2-4-8(5-3-7)6-9(10)11/h2-4,8H,5-6H2,1H3,(H,10,11). The largest absolute Gasteiger partial charge is 0.481 e. The van der Waals surface area contributed by atoms with Crippen LogP contribution in [0.3, 0.4) is 0 Å². The SMILES string of the molecule is CC1=CCC(CC(=O)O)C=C1. The smallest absolute Gasteiger partial charge is 0.303 e. The van der Waals surface area contributed by atoms with E-state index >= 15 is 0 Å². The van der Waals surface area contributed by atoms with E-state index in [1.165, 1.54) is 5.57 Å². The summed E-state index contributed by atoms with van der Waals surface area (Å²) >= 11 is 0. The predicted molar refractivity (Wildman–Crippen MR) is 43.3 cm³/mol. The van der Waals surface area contributed by atoms with Gasteiger partial charge < -0.3 is 5.11 Å². The third-order valence-electron chi connectivity index (χ3n) is 1.81. The third-order valence-corrected chi connectivity index (χ3v) is 1.81. The molecule has 2 heteroatoms. The fourth-order valence-corrected chi connectivity index (χ4v) is 1.15. The Morgan fingerprint density at radius 3 is 3.00 bits per heavy atom. The number of hydrogen-bond acceptors (Lipinski definition) is 1. The molecule has 0 spiro atoms. The summed E-state index contributed by atoms with van der Waals surface area (Å²) in [6.45, 7) is 2.02. The van der Waals surface area contributed by atoms with Gasteiger partial charge in [0.25, 0.3) is 0 Å². The molecule has 1 unspecified atom stereocenters. The number of carboxylic acids is 1. The lowest BCUT2D eigenvalue weighted by Crippen LogP contribution is -2.06. The summed E-state index contributed by atoms with van der Waals surface area (Å²) < 4.78 is 0. The van der Waals surface area contributed by atoms with Gasteiger partial charge in [0.2, 0.25) is 0 Å². The van der Waals surface area contributed by atoms with Gasteiger partial charge >= 0.3 is 5.97 Å². The number of carbonyl (C=O) groups is 1. The van der Waals surface area contributed by atoms with Crippen LogP contribution in [0, 0.1) is 5.92 Å². The zero-order valence-electron chi connectivity index (χ0n) is 6.58. The van der Waals surface area contributed by atoms with Crippen molar-refractivity contribution in [3.8, 4) is 0 Å². The molecule has 0 aliphatic heterocycles. The van der Waals surface area contributed by atoms with Crippen molar-refractivity contribution >= 4 is 5.97 Å². The molecule has 1 N–H and O–H groups in total. The van der Waals surface area contributed by atoms with E-state index < -0.39 is 5.97 Å².